The lowest BCUT2D eigenvalue weighted by atomic mass is 9.69. The first-order valence-corrected chi connectivity index (χ1v) is 9.43. The van der Waals surface area contributed by atoms with Crippen molar-refractivity contribution in [2.24, 2.45) is 5.41 Å². The van der Waals surface area contributed by atoms with E-state index in [1.54, 1.807) is 14.0 Å². The molecule has 2 unspecified atom stereocenters. The minimum atomic E-state index is -1.45. The van der Waals surface area contributed by atoms with Gasteiger partial charge in [0.05, 0.1) is 13.2 Å². The second-order valence-electron chi connectivity index (χ2n) is 7.28. The number of hydrogen-bond donors (Lipinski definition) is 0. The fourth-order valence-corrected chi connectivity index (χ4v) is 4.26. The smallest absolute Gasteiger partial charge is 0.324 e. The van der Waals surface area contributed by atoms with Crippen LogP contribution >= 0.6 is 0 Å². The second-order valence-corrected chi connectivity index (χ2v) is 7.28. The number of benzene rings is 2. The number of rotatable bonds is 4. The maximum absolute atomic E-state index is 13.2. The van der Waals surface area contributed by atoms with Crippen LogP contribution in [0.25, 0.3) is 0 Å². The van der Waals surface area contributed by atoms with Crippen molar-refractivity contribution in [3.05, 3.63) is 71.8 Å². The highest BCUT2D eigenvalue weighted by Gasteiger charge is 2.68. The Morgan fingerprint density at radius 1 is 1.11 bits per heavy atom. The summed E-state index contributed by atoms with van der Waals surface area (Å²) in [5.74, 6) is -0.857. The number of nitrogens with zero attached hydrogens (tertiary/aromatic N) is 1. The molecule has 2 saturated heterocycles. The zero-order chi connectivity index (χ0) is 19.8. The van der Waals surface area contributed by atoms with Gasteiger partial charge in [0.15, 0.2) is 11.0 Å². The summed E-state index contributed by atoms with van der Waals surface area (Å²) in [6.07, 6.45) is -0.606. The molecule has 6 heteroatoms. The van der Waals surface area contributed by atoms with Crippen LogP contribution in [0.1, 0.15) is 24.5 Å². The van der Waals surface area contributed by atoms with E-state index in [4.69, 9.17) is 14.5 Å². The Morgan fingerprint density at radius 2 is 1.68 bits per heavy atom. The van der Waals surface area contributed by atoms with Crippen molar-refractivity contribution in [2.45, 2.75) is 25.0 Å². The van der Waals surface area contributed by atoms with Crippen molar-refractivity contribution >= 4 is 11.9 Å². The van der Waals surface area contributed by atoms with Gasteiger partial charge in [-0.1, -0.05) is 60.7 Å². The molecule has 2 aromatic carbocycles. The van der Waals surface area contributed by atoms with Gasteiger partial charge in [-0.3, -0.25) is 9.59 Å². The van der Waals surface area contributed by atoms with Crippen LogP contribution in [0.5, 0.6) is 0 Å². The van der Waals surface area contributed by atoms with Crippen LogP contribution in [0.2, 0.25) is 0 Å². The summed E-state index contributed by atoms with van der Waals surface area (Å²) in [6, 6.07) is 19.1. The molecular formula is C22H23NO5. The minimum Gasteiger partial charge on any atom is -0.465 e. The number of likely N-dealkylation sites (N-methyl/N-ethyl adjacent to an activating group) is 1. The Balaban J connectivity index is 1.90. The summed E-state index contributed by atoms with van der Waals surface area (Å²) >= 11 is 0. The number of amides is 1. The minimum absolute atomic E-state index is 0.112. The number of ether oxygens (including phenoxy) is 1. The molecule has 4 rings (SSSR count). The van der Waals surface area contributed by atoms with Crippen molar-refractivity contribution in [3.8, 4) is 0 Å². The quantitative estimate of drug-likeness (QED) is 0.463. The summed E-state index contributed by atoms with van der Waals surface area (Å²) in [6.45, 7) is 2.20. The lowest BCUT2D eigenvalue weighted by molar-refractivity contribution is -0.417. The van der Waals surface area contributed by atoms with Gasteiger partial charge in [-0.2, -0.15) is 0 Å². The first-order valence-electron chi connectivity index (χ1n) is 9.43. The van der Waals surface area contributed by atoms with E-state index in [0.717, 1.165) is 11.1 Å². The van der Waals surface area contributed by atoms with Crippen LogP contribution in [0.4, 0.5) is 0 Å². The van der Waals surface area contributed by atoms with Crippen LogP contribution in [-0.4, -0.2) is 43.1 Å². The van der Waals surface area contributed by atoms with Crippen LogP contribution in [0, 0.1) is 5.41 Å². The van der Waals surface area contributed by atoms with Crippen LogP contribution < -0.4 is 0 Å². The van der Waals surface area contributed by atoms with Crippen LogP contribution in [-0.2, 0) is 29.7 Å². The summed E-state index contributed by atoms with van der Waals surface area (Å²) in [5.41, 5.74) is -0.933. The van der Waals surface area contributed by atoms with Crippen LogP contribution in [0.3, 0.4) is 0 Å². The van der Waals surface area contributed by atoms with E-state index in [1.807, 2.05) is 60.7 Å². The molecule has 0 aromatic heterocycles. The molecule has 6 nitrogen and oxygen atoms in total. The third kappa shape index (κ3) is 2.64. The Bertz CT molecular complexity index is 830. The van der Waals surface area contributed by atoms with E-state index in [9.17, 15) is 9.59 Å². The van der Waals surface area contributed by atoms with Gasteiger partial charge in [0.2, 0.25) is 5.91 Å². The number of hydrogen-bond acceptors (Lipinski definition) is 5. The molecule has 0 radical (unpaired) electrons. The molecule has 1 amide bonds. The summed E-state index contributed by atoms with van der Waals surface area (Å²) < 4.78 is 5.35. The predicted molar refractivity (Wildman–Crippen MR) is 101 cm³/mol. The fourth-order valence-electron chi connectivity index (χ4n) is 4.26. The highest BCUT2D eigenvalue weighted by Crippen LogP contribution is 2.53. The van der Waals surface area contributed by atoms with Gasteiger partial charge >= 0.3 is 5.97 Å². The van der Waals surface area contributed by atoms with E-state index in [-0.39, 0.29) is 25.5 Å². The molecule has 28 heavy (non-hydrogen) atoms. The molecule has 0 bridgehead atoms. The van der Waals surface area contributed by atoms with Gasteiger partial charge in [0.1, 0.15) is 6.10 Å². The molecule has 0 spiro atoms. The molecule has 2 aliphatic rings. The first kappa shape index (κ1) is 18.7. The average Bonchev–Trinajstić information content (AvgIpc) is 3.00. The average molecular weight is 381 g/mol. The lowest BCUT2D eigenvalue weighted by Crippen LogP contribution is -2.57. The molecule has 2 fully saturated rings. The SMILES string of the molecule is CCOC(=O)C12CC(c3ccccc3)(c3ccccc3)OOC1CN(C)C2=O. The van der Waals surface area contributed by atoms with E-state index < -0.39 is 23.1 Å². The Morgan fingerprint density at radius 3 is 2.21 bits per heavy atom. The maximum atomic E-state index is 13.2. The summed E-state index contributed by atoms with van der Waals surface area (Å²) in [5, 5.41) is 0. The van der Waals surface area contributed by atoms with Crippen molar-refractivity contribution in [1.82, 2.24) is 4.90 Å². The zero-order valence-electron chi connectivity index (χ0n) is 16.0. The normalized spacial score (nSPS) is 26.0. The Kier molecular flexibility index (Phi) is 4.69. The third-order valence-electron chi connectivity index (χ3n) is 5.67. The van der Waals surface area contributed by atoms with E-state index in [1.165, 1.54) is 4.90 Å². The van der Waals surface area contributed by atoms with E-state index in [2.05, 4.69) is 0 Å². The maximum Gasteiger partial charge on any atom is 0.324 e. The number of esters is 1. The molecule has 2 aliphatic heterocycles. The van der Waals surface area contributed by atoms with Crippen molar-refractivity contribution in [2.75, 3.05) is 20.2 Å². The van der Waals surface area contributed by atoms with Gasteiger partial charge < -0.3 is 9.64 Å². The van der Waals surface area contributed by atoms with Crippen molar-refractivity contribution in [1.29, 1.82) is 0 Å². The van der Waals surface area contributed by atoms with Gasteiger partial charge in [-0.25, -0.2) is 9.78 Å². The molecule has 0 saturated carbocycles. The van der Waals surface area contributed by atoms with Crippen molar-refractivity contribution < 1.29 is 24.1 Å². The summed E-state index contributed by atoms with van der Waals surface area (Å²) in [7, 11) is 1.66. The number of likely N-dealkylation sites (tertiary alicyclic amines) is 1. The zero-order valence-corrected chi connectivity index (χ0v) is 16.0. The highest BCUT2D eigenvalue weighted by molar-refractivity contribution is 6.05. The molecule has 2 atom stereocenters. The molecule has 0 aliphatic carbocycles. The molecule has 0 N–H and O–H groups in total. The largest absolute Gasteiger partial charge is 0.465 e. The summed E-state index contributed by atoms with van der Waals surface area (Å²) in [4.78, 5) is 39.6. The van der Waals surface area contributed by atoms with E-state index >= 15 is 0 Å². The molecule has 2 heterocycles. The van der Waals surface area contributed by atoms with Gasteiger partial charge in [-0.15, -0.1) is 0 Å². The predicted octanol–water partition coefficient (Wildman–Crippen LogP) is 2.67. The standard InChI is InChI=1S/C22H23NO5/c1-3-26-20(25)21-15-22(16-10-6-4-7-11-16,17-12-8-5-9-13-17)28-27-18(21)14-23(2)19(21)24/h4-13,18H,3,14-15H2,1-2H3. The van der Waals surface area contributed by atoms with Gasteiger partial charge in [0, 0.05) is 13.5 Å². The molecular weight excluding hydrogens is 358 g/mol. The lowest BCUT2D eigenvalue weighted by Gasteiger charge is -2.45. The highest BCUT2D eigenvalue weighted by atomic mass is 17.2. The van der Waals surface area contributed by atoms with Gasteiger partial charge in [0.25, 0.3) is 0 Å². The fraction of sp³-hybridized carbons (Fsp3) is 0.364. The molecule has 146 valence electrons. The topological polar surface area (TPSA) is 65.1 Å². The third-order valence-corrected chi connectivity index (χ3v) is 5.67. The van der Waals surface area contributed by atoms with Gasteiger partial charge in [-0.05, 0) is 18.1 Å². The number of carbonyl (C=O) groups excluding carboxylic acids is 2. The Hall–Kier alpha value is -2.70. The number of carbonyl (C=O) groups is 2. The number of fused-ring (bicyclic) bond motifs is 1. The first-order chi connectivity index (χ1) is 13.5. The Labute approximate surface area is 163 Å². The van der Waals surface area contributed by atoms with Crippen LogP contribution in [0.15, 0.2) is 60.7 Å². The van der Waals surface area contributed by atoms with E-state index in [0.29, 0.717) is 0 Å². The second kappa shape index (κ2) is 7.04. The molecule has 2 aromatic rings. The van der Waals surface area contributed by atoms with Crippen molar-refractivity contribution in [3.63, 3.8) is 0 Å². The monoisotopic (exact) mass is 381 g/mol.